The molecule has 112 valence electrons. The largest absolute Gasteiger partial charge is 0.390 e. The molecule has 21 heavy (non-hydrogen) atoms. The van der Waals surface area contributed by atoms with Gasteiger partial charge in [-0.05, 0) is 24.1 Å². The van der Waals surface area contributed by atoms with Gasteiger partial charge in [0, 0.05) is 24.3 Å². The highest BCUT2D eigenvalue weighted by Gasteiger charge is 2.19. The summed E-state index contributed by atoms with van der Waals surface area (Å²) >= 11 is 7.20. The number of fused-ring (bicyclic) bond motifs is 1. The Morgan fingerprint density at radius 3 is 2.86 bits per heavy atom. The first-order valence-corrected chi connectivity index (χ1v) is 7.89. The van der Waals surface area contributed by atoms with Crippen LogP contribution < -0.4 is 0 Å². The lowest BCUT2D eigenvalue weighted by molar-refractivity contribution is -0.109. The fraction of sp³-hybridized carbons (Fsp3) is 0.333. The predicted octanol–water partition coefficient (Wildman–Crippen LogP) is 2.95. The normalized spacial score (nSPS) is 14.1. The van der Waals surface area contributed by atoms with Crippen molar-refractivity contribution >= 4 is 39.4 Å². The van der Waals surface area contributed by atoms with Crippen molar-refractivity contribution in [3.8, 4) is 0 Å². The van der Waals surface area contributed by atoms with Crippen LogP contribution in [0.1, 0.15) is 25.0 Å². The van der Waals surface area contributed by atoms with Gasteiger partial charge in [0.1, 0.15) is 6.10 Å². The van der Waals surface area contributed by atoms with E-state index in [0.29, 0.717) is 28.3 Å². The number of hydrogen-bond acceptors (Lipinski definition) is 5. The molecular weight excluding hydrogens is 310 g/mol. The lowest BCUT2D eigenvalue weighted by atomic mass is 10.0. The van der Waals surface area contributed by atoms with Gasteiger partial charge in [-0.25, -0.2) is 0 Å². The molecule has 2 rings (SSSR count). The summed E-state index contributed by atoms with van der Waals surface area (Å²) in [5.41, 5.74) is 1.25. The minimum atomic E-state index is -1.01. The zero-order valence-electron chi connectivity index (χ0n) is 11.5. The first-order valence-electron chi connectivity index (χ1n) is 6.52. The second-order valence-corrected chi connectivity index (χ2v) is 6.39. The van der Waals surface area contributed by atoms with Crippen LogP contribution in [0.15, 0.2) is 30.5 Å². The molecule has 0 saturated carbocycles. The van der Waals surface area contributed by atoms with Crippen molar-refractivity contribution < 1.29 is 15.0 Å². The second-order valence-electron chi connectivity index (χ2n) is 4.71. The van der Waals surface area contributed by atoms with E-state index in [0.717, 1.165) is 17.1 Å². The molecule has 6 heteroatoms. The summed E-state index contributed by atoms with van der Waals surface area (Å²) in [6.45, 7) is 1.48. The van der Waals surface area contributed by atoms with Crippen LogP contribution >= 0.6 is 23.4 Å². The Labute approximate surface area is 132 Å². The molecule has 2 aromatic rings. The van der Waals surface area contributed by atoms with E-state index in [9.17, 15) is 15.0 Å². The van der Waals surface area contributed by atoms with Crippen LogP contribution in [0.5, 0.6) is 0 Å². The first-order chi connectivity index (χ1) is 9.99. The summed E-state index contributed by atoms with van der Waals surface area (Å²) in [6.07, 6.45) is 0.00363. The van der Waals surface area contributed by atoms with Crippen LogP contribution in [-0.4, -0.2) is 32.2 Å². The Kier molecular flexibility index (Phi) is 5.58. The molecular formula is C15H16ClNO3S. The number of hydrogen-bond donors (Lipinski definition) is 2. The Balaban J connectivity index is 2.11. The third kappa shape index (κ3) is 4.17. The fourth-order valence-corrected chi connectivity index (χ4v) is 2.88. The van der Waals surface area contributed by atoms with Crippen molar-refractivity contribution in [2.75, 3.05) is 5.75 Å². The van der Waals surface area contributed by atoms with E-state index >= 15 is 0 Å². The molecule has 0 saturated heterocycles. The van der Waals surface area contributed by atoms with Gasteiger partial charge in [-0.1, -0.05) is 35.5 Å². The number of carbonyl (C=O) groups is 1. The molecule has 0 aliphatic rings. The molecule has 0 aliphatic heterocycles. The van der Waals surface area contributed by atoms with Crippen LogP contribution in [-0.2, 0) is 4.79 Å². The van der Waals surface area contributed by atoms with Crippen LogP contribution in [0.3, 0.4) is 0 Å². The van der Waals surface area contributed by atoms with E-state index in [4.69, 9.17) is 11.6 Å². The summed E-state index contributed by atoms with van der Waals surface area (Å²) in [5.74, 6) is 0.477. The summed E-state index contributed by atoms with van der Waals surface area (Å²) in [5, 5.41) is 21.6. The topological polar surface area (TPSA) is 70.4 Å². The SMILES string of the molecule is CC(=O)SCCC(O)C(O)c1ccc2c(Cl)ccnc2c1. The van der Waals surface area contributed by atoms with Gasteiger partial charge in [0.2, 0.25) is 0 Å². The predicted molar refractivity (Wildman–Crippen MR) is 85.5 cm³/mol. The summed E-state index contributed by atoms with van der Waals surface area (Å²) in [4.78, 5) is 15.0. The van der Waals surface area contributed by atoms with Crippen molar-refractivity contribution in [3.63, 3.8) is 0 Å². The van der Waals surface area contributed by atoms with Gasteiger partial charge >= 0.3 is 0 Å². The number of aliphatic hydroxyl groups excluding tert-OH is 2. The number of aromatic nitrogens is 1. The summed E-state index contributed by atoms with van der Waals surface area (Å²) in [7, 11) is 0. The third-order valence-electron chi connectivity index (χ3n) is 3.14. The van der Waals surface area contributed by atoms with Gasteiger partial charge in [0.05, 0.1) is 16.6 Å². The average Bonchev–Trinajstić information content (AvgIpc) is 2.46. The Morgan fingerprint density at radius 1 is 1.38 bits per heavy atom. The molecule has 0 amide bonds. The van der Waals surface area contributed by atoms with Gasteiger partial charge < -0.3 is 10.2 Å². The molecule has 1 heterocycles. The van der Waals surface area contributed by atoms with Crippen molar-refractivity contribution in [2.45, 2.75) is 25.6 Å². The number of carbonyl (C=O) groups excluding carboxylic acids is 1. The number of thioether (sulfide) groups is 1. The lowest BCUT2D eigenvalue weighted by Gasteiger charge is -2.18. The maximum absolute atomic E-state index is 10.8. The molecule has 1 aromatic carbocycles. The van der Waals surface area contributed by atoms with Gasteiger partial charge in [-0.15, -0.1) is 0 Å². The molecule has 0 fully saturated rings. The number of rotatable bonds is 5. The quantitative estimate of drug-likeness (QED) is 0.884. The van der Waals surface area contributed by atoms with E-state index in [2.05, 4.69) is 4.98 Å². The molecule has 0 bridgehead atoms. The van der Waals surface area contributed by atoms with Crippen LogP contribution in [0.4, 0.5) is 0 Å². The number of halogens is 1. The van der Waals surface area contributed by atoms with E-state index in [1.807, 2.05) is 0 Å². The van der Waals surface area contributed by atoms with Gasteiger partial charge in [0.25, 0.3) is 0 Å². The fourth-order valence-electron chi connectivity index (χ4n) is 2.02. The minimum Gasteiger partial charge on any atom is -0.390 e. The molecule has 2 atom stereocenters. The minimum absolute atomic E-state index is 0.00115. The van der Waals surface area contributed by atoms with E-state index in [1.54, 1.807) is 30.5 Å². The van der Waals surface area contributed by atoms with Crippen molar-refractivity contribution in [2.24, 2.45) is 0 Å². The van der Waals surface area contributed by atoms with Crippen molar-refractivity contribution in [3.05, 3.63) is 41.0 Å². The monoisotopic (exact) mass is 325 g/mol. The van der Waals surface area contributed by atoms with Crippen LogP contribution in [0, 0.1) is 0 Å². The molecule has 0 spiro atoms. The van der Waals surface area contributed by atoms with Crippen LogP contribution in [0.25, 0.3) is 10.9 Å². The zero-order valence-corrected chi connectivity index (χ0v) is 13.1. The number of pyridine rings is 1. The van der Waals surface area contributed by atoms with E-state index in [-0.39, 0.29) is 5.12 Å². The highest BCUT2D eigenvalue weighted by molar-refractivity contribution is 8.13. The molecule has 0 aliphatic carbocycles. The van der Waals surface area contributed by atoms with Crippen molar-refractivity contribution in [1.29, 1.82) is 0 Å². The Hall–Kier alpha value is -1.14. The molecule has 2 unspecified atom stereocenters. The molecule has 2 N–H and O–H groups in total. The van der Waals surface area contributed by atoms with Gasteiger partial charge in [0.15, 0.2) is 5.12 Å². The van der Waals surface area contributed by atoms with E-state index < -0.39 is 12.2 Å². The first kappa shape index (κ1) is 16.2. The zero-order chi connectivity index (χ0) is 15.4. The van der Waals surface area contributed by atoms with Crippen LogP contribution in [0.2, 0.25) is 5.02 Å². The molecule has 0 radical (unpaired) electrons. The van der Waals surface area contributed by atoms with Gasteiger partial charge in [-0.2, -0.15) is 0 Å². The number of benzene rings is 1. The third-order valence-corrected chi connectivity index (χ3v) is 4.31. The maximum atomic E-state index is 10.8. The van der Waals surface area contributed by atoms with E-state index in [1.165, 1.54) is 6.92 Å². The maximum Gasteiger partial charge on any atom is 0.185 e. The highest BCUT2D eigenvalue weighted by atomic mass is 35.5. The number of nitrogens with zero attached hydrogens (tertiary/aromatic N) is 1. The lowest BCUT2D eigenvalue weighted by Crippen LogP contribution is -2.19. The molecule has 1 aromatic heterocycles. The standard InChI is InChI=1S/C15H16ClNO3S/c1-9(18)21-7-5-14(19)15(20)10-2-3-11-12(16)4-6-17-13(11)8-10/h2-4,6,8,14-15,19-20H,5,7H2,1H3. The summed E-state index contributed by atoms with van der Waals surface area (Å²) in [6, 6.07) is 6.92. The average molecular weight is 326 g/mol. The second kappa shape index (κ2) is 7.22. The highest BCUT2D eigenvalue weighted by Crippen LogP contribution is 2.27. The number of aliphatic hydroxyl groups is 2. The summed E-state index contributed by atoms with van der Waals surface area (Å²) < 4.78 is 0. The Morgan fingerprint density at radius 2 is 2.14 bits per heavy atom. The smallest absolute Gasteiger partial charge is 0.185 e. The van der Waals surface area contributed by atoms with Crippen molar-refractivity contribution in [1.82, 2.24) is 4.98 Å². The van der Waals surface area contributed by atoms with Gasteiger partial charge in [-0.3, -0.25) is 9.78 Å². The molecule has 4 nitrogen and oxygen atoms in total. The Bertz CT molecular complexity index is 650.